The molecular formula is C15H24FN3OS. The molecule has 0 spiro atoms. The fraction of sp³-hybridized carbons (Fsp3) is 0.533. The second-order valence-electron chi connectivity index (χ2n) is 5.12. The Bertz CT molecular complexity index is 449. The van der Waals surface area contributed by atoms with Crippen molar-refractivity contribution in [3.8, 4) is 0 Å². The first-order valence-electron chi connectivity index (χ1n) is 6.85. The van der Waals surface area contributed by atoms with Crippen LogP contribution < -0.4 is 10.6 Å². The standard InChI is InChI=1S/C15H24FN3OS/c1-15(2,20-4)11-19-14(17-3)18-9-10-21-13-7-5-12(16)6-8-13/h5-8H,9-11H2,1-4H3,(H2,17,18,19). The molecular weight excluding hydrogens is 289 g/mol. The fourth-order valence-electron chi connectivity index (χ4n) is 1.46. The van der Waals surface area contributed by atoms with Gasteiger partial charge in [-0.3, -0.25) is 4.99 Å². The summed E-state index contributed by atoms with van der Waals surface area (Å²) in [6.07, 6.45) is 0. The van der Waals surface area contributed by atoms with Crippen LogP contribution in [0, 0.1) is 5.82 Å². The quantitative estimate of drug-likeness (QED) is 0.351. The molecule has 1 rings (SSSR count). The van der Waals surface area contributed by atoms with Crippen LogP contribution >= 0.6 is 11.8 Å². The monoisotopic (exact) mass is 313 g/mol. The maximum atomic E-state index is 12.8. The molecule has 2 N–H and O–H groups in total. The van der Waals surface area contributed by atoms with Gasteiger partial charge >= 0.3 is 0 Å². The molecule has 0 radical (unpaired) electrons. The Morgan fingerprint density at radius 2 is 1.95 bits per heavy atom. The number of hydrogen-bond acceptors (Lipinski definition) is 3. The Balaban J connectivity index is 2.25. The van der Waals surface area contributed by atoms with Crippen molar-refractivity contribution in [3.05, 3.63) is 30.1 Å². The van der Waals surface area contributed by atoms with Gasteiger partial charge in [0.25, 0.3) is 0 Å². The molecule has 0 amide bonds. The average Bonchev–Trinajstić information content (AvgIpc) is 2.48. The Hall–Kier alpha value is -1.27. The SMILES string of the molecule is CN=C(NCCSc1ccc(F)cc1)NCC(C)(C)OC. The van der Waals surface area contributed by atoms with Gasteiger partial charge < -0.3 is 15.4 Å². The van der Waals surface area contributed by atoms with E-state index in [0.717, 1.165) is 23.2 Å². The Kier molecular flexibility index (Phi) is 7.53. The minimum Gasteiger partial charge on any atom is -0.377 e. The number of rotatable bonds is 7. The van der Waals surface area contributed by atoms with Gasteiger partial charge in [-0.15, -0.1) is 11.8 Å². The van der Waals surface area contributed by atoms with Crippen LogP contribution in [0.15, 0.2) is 34.2 Å². The van der Waals surface area contributed by atoms with E-state index in [1.165, 1.54) is 12.1 Å². The zero-order valence-electron chi connectivity index (χ0n) is 13.1. The van der Waals surface area contributed by atoms with Crippen molar-refractivity contribution >= 4 is 17.7 Å². The summed E-state index contributed by atoms with van der Waals surface area (Å²) in [5.74, 6) is 1.42. The van der Waals surface area contributed by atoms with Gasteiger partial charge in [0.2, 0.25) is 0 Å². The van der Waals surface area contributed by atoms with E-state index < -0.39 is 0 Å². The lowest BCUT2D eigenvalue weighted by atomic mass is 10.1. The Morgan fingerprint density at radius 3 is 2.52 bits per heavy atom. The molecule has 118 valence electrons. The molecule has 0 atom stereocenters. The van der Waals surface area contributed by atoms with E-state index in [-0.39, 0.29) is 11.4 Å². The number of benzene rings is 1. The van der Waals surface area contributed by atoms with Crippen LogP contribution in [-0.4, -0.2) is 44.6 Å². The number of halogens is 1. The summed E-state index contributed by atoms with van der Waals surface area (Å²) in [5.41, 5.74) is -0.236. The van der Waals surface area contributed by atoms with Gasteiger partial charge in [0, 0.05) is 37.9 Å². The van der Waals surface area contributed by atoms with Crippen molar-refractivity contribution in [2.24, 2.45) is 4.99 Å². The van der Waals surface area contributed by atoms with Gasteiger partial charge in [-0.2, -0.15) is 0 Å². The largest absolute Gasteiger partial charge is 0.377 e. The highest BCUT2D eigenvalue weighted by molar-refractivity contribution is 7.99. The molecule has 4 nitrogen and oxygen atoms in total. The first kappa shape index (κ1) is 17.8. The second kappa shape index (κ2) is 8.89. The van der Waals surface area contributed by atoms with E-state index in [4.69, 9.17) is 4.74 Å². The number of aliphatic imine (C=N–C) groups is 1. The molecule has 0 aromatic heterocycles. The van der Waals surface area contributed by atoms with Gasteiger partial charge in [-0.25, -0.2) is 4.39 Å². The summed E-state index contributed by atoms with van der Waals surface area (Å²) in [6.45, 7) is 5.47. The predicted molar refractivity (Wildman–Crippen MR) is 87.6 cm³/mol. The second-order valence-corrected chi connectivity index (χ2v) is 6.29. The highest BCUT2D eigenvalue weighted by Crippen LogP contribution is 2.17. The van der Waals surface area contributed by atoms with Gasteiger partial charge in [-0.1, -0.05) is 0 Å². The lowest BCUT2D eigenvalue weighted by molar-refractivity contribution is 0.0268. The minimum absolute atomic E-state index is 0.206. The number of thioether (sulfide) groups is 1. The van der Waals surface area contributed by atoms with E-state index in [1.54, 1.807) is 38.1 Å². The van der Waals surface area contributed by atoms with Crippen molar-refractivity contribution in [1.29, 1.82) is 0 Å². The van der Waals surface area contributed by atoms with Crippen molar-refractivity contribution in [3.63, 3.8) is 0 Å². The molecule has 21 heavy (non-hydrogen) atoms. The third kappa shape index (κ3) is 7.34. The maximum absolute atomic E-state index is 12.8. The van der Waals surface area contributed by atoms with Gasteiger partial charge in [0.05, 0.1) is 5.60 Å². The lowest BCUT2D eigenvalue weighted by Gasteiger charge is -2.24. The lowest BCUT2D eigenvalue weighted by Crippen LogP contribution is -2.45. The summed E-state index contributed by atoms with van der Waals surface area (Å²) in [6, 6.07) is 6.52. The highest BCUT2D eigenvalue weighted by Gasteiger charge is 2.16. The predicted octanol–water partition coefficient (Wildman–Crippen LogP) is 2.51. The van der Waals surface area contributed by atoms with E-state index in [1.807, 2.05) is 13.8 Å². The number of ether oxygens (including phenoxy) is 1. The molecule has 1 aromatic carbocycles. The molecule has 0 saturated carbocycles. The Labute approximate surface area is 130 Å². The van der Waals surface area contributed by atoms with Crippen LogP contribution in [0.5, 0.6) is 0 Å². The molecule has 0 aliphatic rings. The van der Waals surface area contributed by atoms with Gasteiger partial charge in [0.1, 0.15) is 5.82 Å². The van der Waals surface area contributed by atoms with Crippen molar-refractivity contribution in [1.82, 2.24) is 10.6 Å². The smallest absolute Gasteiger partial charge is 0.191 e. The van der Waals surface area contributed by atoms with Crippen molar-refractivity contribution in [2.75, 3.05) is 33.0 Å². The van der Waals surface area contributed by atoms with Crippen LogP contribution in [0.25, 0.3) is 0 Å². The zero-order valence-corrected chi connectivity index (χ0v) is 13.9. The van der Waals surface area contributed by atoms with Crippen molar-refractivity contribution < 1.29 is 9.13 Å². The fourth-order valence-corrected chi connectivity index (χ4v) is 2.23. The topological polar surface area (TPSA) is 45.7 Å². The third-order valence-corrected chi connectivity index (χ3v) is 3.95. The maximum Gasteiger partial charge on any atom is 0.191 e. The van der Waals surface area contributed by atoms with Crippen molar-refractivity contribution in [2.45, 2.75) is 24.3 Å². The summed E-state index contributed by atoms with van der Waals surface area (Å²) < 4.78 is 18.1. The third-order valence-electron chi connectivity index (χ3n) is 2.93. The van der Waals surface area contributed by atoms with E-state index >= 15 is 0 Å². The van der Waals surface area contributed by atoms with E-state index in [2.05, 4.69) is 15.6 Å². The van der Waals surface area contributed by atoms with Crippen LogP contribution in [0.4, 0.5) is 4.39 Å². The zero-order chi connectivity index (χ0) is 15.7. The molecule has 0 aliphatic carbocycles. The number of nitrogens with zero attached hydrogens (tertiary/aromatic N) is 1. The summed E-state index contributed by atoms with van der Waals surface area (Å²) >= 11 is 1.67. The molecule has 0 unspecified atom stereocenters. The van der Waals surface area contributed by atoms with Crippen LogP contribution in [0.2, 0.25) is 0 Å². The molecule has 0 fully saturated rings. The number of hydrogen-bond donors (Lipinski definition) is 2. The van der Waals surface area contributed by atoms with Crippen LogP contribution in [0.3, 0.4) is 0 Å². The number of guanidine groups is 1. The summed E-state index contributed by atoms with van der Waals surface area (Å²) in [5, 5.41) is 6.46. The van der Waals surface area contributed by atoms with Gasteiger partial charge in [-0.05, 0) is 38.1 Å². The first-order valence-corrected chi connectivity index (χ1v) is 7.83. The molecule has 0 bridgehead atoms. The molecule has 0 saturated heterocycles. The Morgan fingerprint density at radius 1 is 1.29 bits per heavy atom. The molecule has 1 aromatic rings. The van der Waals surface area contributed by atoms with Crippen LogP contribution in [0.1, 0.15) is 13.8 Å². The summed E-state index contributed by atoms with van der Waals surface area (Å²) in [7, 11) is 3.43. The first-order chi connectivity index (χ1) is 9.96. The van der Waals surface area contributed by atoms with Gasteiger partial charge in [0.15, 0.2) is 5.96 Å². The molecule has 0 aliphatic heterocycles. The summed E-state index contributed by atoms with van der Waals surface area (Å²) in [4.78, 5) is 5.22. The van der Waals surface area contributed by atoms with Crippen LogP contribution in [-0.2, 0) is 4.74 Å². The molecule has 6 heteroatoms. The molecule has 0 heterocycles. The highest BCUT2D eigenvalue weighted by atomic mass is 32.2. The minimum atomic E-state index is -0.236. The normalized spacial score (nSPS) is 12.3. The number of methoxy groups -OCH3 is 1. The van der Waals surface area contributed by atoms with E-state index in [9.17, 15) is 4.39 Å². The van der Waals surface area contributed by atoms with E-state index in [0.29, 0.717) is 6.54 Å². The average molecular weight is 313 g/mol. The number of nitrogens with one attached hydrogen (secondary N) is 2.